The van der Waals surface area contributed by atoms with Crippen molar-refractivity contribution in [3.8, 4) is 0 Å². The highest BCUT2D eigenvalue weighted by molar-refractivity contribution is 5.86. The third-order valence-corrected chi connectivity index (χ3v) is 3.14. The van der Waals surface area contributed by atoms with Crippen molar-refractivity contribution < 1.29 is 14.6 Å². The van der Waals surface area contributed by atoms with Crippen LogP contribution in [0.5, 0.6) is 0 Å². The van der Waals surface area contributed by atoms with Crippen LogP contribution in [0, 0.1) is 0 Å². The van der Waals surface area contributed by atoms with Gasteiger partial charge in [0.1, 0.15) is 0 Å². The third kappa shape index (κ3) is 3.17. The lowest BCUT2D eigenvalue weighted by Crippen LogP contribution is -2.54. The van der Waals surface area contributed by atoms with Crippen LogP contribution in [0.25, 0.3) is 0 Å². The molecule has 0 spiro atoms. The minimum atomic E-state index is -0.635. The summed E-state index contributed by atoms with van der Waals surface area (Å²) in [5.41, 5.74) is -0.424. The molecule has 2 atom stereocenters. The van der Waals surface area contributed by atoms with Crippen molar-refractivity contribution in [1.29, 1.82) is 0 Å². The van der Waals surface area contributed by atoms with Gasteiger partial charge in [-0.25, -0.2) is 0 Å². The molecule has 0 radical (unpaired) electrons. The van der Waals surface area contributed by atoms with Gasteiger partial charge in [0, 0.05) is 13.7 Å². The fourth-order valence-corrected chi connectivity index (χ4v) is 2.09. The first-order valence-electron chi connectivity index (χ1n) is 5.85. The molecule has 1 saturated heterocycles. The molecule has 94 valence electrons. The molecule has 0 aliphatic carbocycles. The van der Waals surface area contributed by atoms with Gasteiger partial charge in [-0.3, -0.25) is 4.79 Å². The lowest BCUT2D eigenvalue weighted by Gasteiger charge is -2.27. The second-order valence-electron chi connectivity index (χ2n) is 4.29. The van der Waals surface area contributed by atoms with Crippen molar-refractivity contribution in [3.63, 3.8) is 0 Å². The molecule has 0 bridgehead atoms. The van der Waals surface area contributed by atoms with E-state index >= 15 is 0 Å². The molecule has 0 saturated carbocycles. The van der Waals surface area contributed by atoms with E-state index < -0.39 is 11.6 Å². The molecular formula is C11H22N2O3. The van der Waals surface area contributed by atoms with Crippen LogP contribution in [-0.2, 0) is 9.53 Å². The van der Waals surface area contributed by atoms with Gasteiger partial charge in [0.15, 0.2) is 0 Å². The van der Waals surface area contributed by atoms with E-state index in [1.165, 1.54) is 7.11 Å². The van der Waals surface area contributed by atoms with Crippen molar-refractivity contribution >= 4 is 5.91 Å². The summed E-state index contributed by atoms with van der Waals surface area (Å²) >= 11 is 0. The van der Waals surface area contributed by atoms with Gasteiger partial charge < -0.3 is 20.5 Å². The number of carbonyl (C=O) groups is 1. The van der Waals surface area contributed by atoms with Crippen molar-refractivity contribution in [2.24, 2.45) is 0 Å². The van der Waals surface area contributed by atoms with E-state index in [4.69, 9.17) is 4.74 Å². The average Bonchev–Trinajstić information content (AvgIpc) is 2.76. The zero-order valence-electron chi connectivity index (χ0n) is 10.1. The maximum atomic E-state index is 12.0. The summed E-state index contributed by atoms with van der Waals surface area (Å²) in [5, 5.41) is 15.5. The number of aliphatic hydroxyl groups excluding tert-OH is 1. The van der Waals surface area contributed by atoms with Gasteiger partial charge in [-0.2, -0.15) is 0 Å². The first-order valence-corrected chi connectivity index (χ1v) is 5.85. The van der Waals surface area contributed by atoms with E-state index in [0.717, 1.165) is 25.8 Å². The molecule has 0 aromatic carbocycles. The van der Waals surface area contributed by atoms with Crippen LogP contribution in [0.15, 0.2) is 0 Å². The molecule has 1 amide bonds. The Labute approximate surface area is 96.6 Å². The minimum absolute atomic E-state index is 0.0114. The molecule has 2 unspecified atom stereocenters. The standard InChI is InChI=1S/C11H22N2O3/c1-3-11(5-4-6-13-11)10(15)12-7-9(14)8-16-2/h9,13-14H,3-8H2,1-2H3,(H,12,15). The van der Waals surface area contributed by atoms with Crippen LogP contribution in [0.2, 0.25) is 0 Å². The maximum Gasteiger partial charge on any atom is 0.240 e. The van der Waals surface area contributed by atoms with E-state index in [1.807, 2.05) is 6.92 Å². The Kier molecular flexibility index (Phi) is 5.18. The van der Waals surface area contributed by atoms with Crippen LogP contribution in [0.3, 0.4) is 0 Å². The number of hydrogen-bond donors (Lipinski definition) is 3. The number of nitrogens with one attached hydrogen (secondary N) is 2. The number of hydrogen-bond acceptors (Lipinski definition) is 4. The summed E-state index contributed by atoms with van der Waals surface area (Å²) in [6.07, 6.45) is 2.04. The van der Waals surface area contributed by atoms with Gasteiger partial charge in [0.05, 0.1) is 18.2 Å². The van der Waals surface area contributed by atoms with Gasteiger partial charge in [0.2, 0.25) is 5.91 Å². The van der Waals surface area contributed by atoms with Crippen molar-refractivity contribution in [1.82, 2.24) is 10.6 Å². The first-order chi connectivity index (χ1) is 7.64. The number of ether oxygens (including phenoxy) is 1. The molecule has 0 aromatic heterocycles. The van der Waals surface area contributed by atoms with Gasteiger partial charge in [-0.1, -0.05) is 6.92 Å². The summed E-state index contributed by atoms with van der Waals surface area (Å²) in [5.74, 6) is -0.0114. The van der Waals surface area contributed by atoms with Gasteiger partial charge in [-0.05, 0) is 25.8 Å². The normalized spacial score (nSPS) is 26.7. The second-order valence-corrected chi connectivity index (χ2v) is 4.29. The predicted octanol–water partition coefficient (Wildman–Crippen LogP) is -0.358. The maximum absolute atomic E-state index is 12.0. The molecule has 1 fully saturated rings. The van der Waals surface area contributed by atoms with Crippen molar-refractivity contribution in [2.45, 2.75) is 37.8 Å². The van der Waals surface area contributed by atoms with Gasteiger partial charge >= 0.3 is 0 Å². The Morgan fingerprint density at radius 2 is 2.44 bits per heavy atom. The largest absolute Gasteiger partial charge is 0.389 e. The topological polar surface area (TPSA) is 70.6 Å². The smallest absolute Gasteiger partial charge is 0.240 e. The van der Waals surface area contributed by atoms with Crippen LogP contribution < -0.4 is 10.6 Å². The monoisotopic (exact) mass is 230 g/mol. The zero-order chi connectivity index (χ0) is 12.0. The molecule has 1 aliphatic heterocycles. The van der Waals surface area contributed by atoms with E-state index in [2.05, 4.69) is 10.6 Å². The quantitative estimate of drug-likeness (QED) is 0.583. The van der Waals surface area contributed by atoms with Crippen LogP contribution in [-0.4, -0.2) is 49.5 Å². The van der Waals surface area contributed by atoms with Gasteiger partial charge in [-0.15, -0.1) is 0 Å². The zero-order valence-corrected chi connectivity index (χ0v) is 10.1. The van der Waals surface area contributed by atoms with Crippen molar-refractivity contribution in [2.75, 3.05) is 26.8 Å². The second kappa shape index (κ2) is 6.18. The Morgan fingerprint density at radius 3 is 2.94 bits per heavy atom. The molecule has 1 aliphatic rings. The fraction of sp³-hybridized carbons (Fsp3) is 0.909. The van der Waals surface area contributed by atoms with Crippen LogP contribution in [0.4, 0.5) is 0 Å². The number of amides is 1. The minimum Gasteiger partial charge on any atom is -0.389 e. The SMILES string of the molecule is CCC1(C(=O)NCC(O)COC)CCCN1. The molecule has 3 N–H and O–H groups in total. The van der Waals surface area contributed by atoms with E-state index in [9.17, 15) is 9.90 Å². The molecule has 5 heteroatoms. The molecule has 0 aromatic rings. The van der Waals surface area contributed by atoms with E-state index in [0.29, 0.717) is 0 Å². The highest BCUT2D eigenvalue weighted by Crippen LogP contribution is 2.22. The molecule has 16 heavy (non-hydrogen) atoms. The first kappa shape index (κ1) is 13.4. The summed E-state index contributed by atoms with van der Waals surface area (Å²) in [4.78, 5) is 12.0. The fourth-order valence-electron chi connectivity index (χ4n) is 2.09. The van der Waals surface area contributed by atoms with E-state index in [1.54, 1.807) is 0 Å². The summed E-state index contributed by atoms with van der Waals surface area (Å²) in [6.45, 7) is 3.38. The lowest BCUT2D eigenvalue weighted by molar-refractivity contribution is -0.127. The lowest BCUT2D eigenvalue weighted by atomic mass is 9.93. The molecule has 1 heterocycles. The Balaban J connectivity index is 2.38. The number of rotatable bonds is 6. The summed E-state index contributed by atoms with van der Waals surface area (Å²) in [7, 11) is 1.52. The molecular weight excluding hydrogens is 208 g/mol. The Hall–Kier alpha value is -0.650. The highest BCUT2D eigenvalue weighted by atomic mass is 16.5. The number of aliphatic hydroxyl groups is 1. The average molecular weight is 230 g/mol. The van der Waals surface area contributed by atoms with Gasteiger partial charge in [0.25, 0.3) is 0 Å². The summed E-state index contributed by atoms with van der Waals surface area (Å²) < 4.78 is 4.80. The van der Waals surface area contributed by atoms with Crippen LogP contribution >= 0.6 is 0 Å². The number of carbonyl (C=O) groups excluding carboxylic acids is 1. The molecule has 1 rings (SSSR count). The van der Waals surface area contributed by atoms with Crippen molar-refractivity contribution in [3.05, 3.63) is 0 Å². The Bertz CT molecular complexity index is 227. The van der Waals surface area contributed by atoms with E-state index in [-0.39, 0.29) is 19.1 Å². The third-order valence-electron chi connectivity index (χ3n) is 3.14. The van der Waals surface area contributed by atoms with Crippen LogP contribution in [0.1, 0.15) is 26.2 Å². The predicted molar refractivity (Wildman–Crippen MR) is 61.2 cm³/mol. The Morgan fingerprint density at radius 1 is 1.69 bits per heavy atom. The molecule has 5 nitrogen and oxygen atoms in total. The highest BCUT2D eigenvalue weighted by Gasteiger charge is 2.38. The summed E-state index contributed by atoms with van der Waals surface area (Å²) in [6, 6.07) is 0. The number of methoxy groups -OCH3 is 1.